The highest BCUT2D eigenvalue weighted by Crippen LogP contribution is 2.33. The molecule has 0 radical (unpaired) electrons. The number of alkyl halides is 3. The molecule has 1 amide bonds. The third-order valence-corrected chi connectivity index (χ3v) is 5.32. The lowest BCUT2D eigenvalue weighted by molar-refractivity contribution is -0.137. The smallest absolute Gasteiger partial charge is 0.352 e. The van der Waals surface area contributed by atoms with Gasteiger partial charge in [0.1, 0.15) is 0 Å². The maximum atomic E-state index is 12.8. The van der Waals surface area contributed by atoms with E-state index in [-0.39, 0.29) is 24.4 Å². The summed E-state index contributed by atoms with van der Waals surface area (Å²) in [6.45, 7) is 5.18. The van der Waals surface area contributed by atoms with E-state index in [1.807, 2.05) is 24.3 Å². The van der Waals surface area contributed by atoms with Crippen molar-refractivity contribution in [3.8, 4) is 0 Å². The highest BCUT2D eigenvalue weighted by atomic mass is 19.4. The number of nitrogens with zero attached hydrogens (tertiary/aromatic N) is 1. The number of hydrogen-bond acceptors (Lipinski definition) is 2. The predicted molar refractivity (Wildman–Crippen MR) is 107 cm³/mol. The zero-order valence-corrected chi connectivity index (χ0v) is 16.2. The first-order valence-corrected chi connectivity index (χ1v) is 9.72. The van der Waals surface area contributed by atoms with Crippen LogP contribution in [0, 0.1) is 5.92 Å². The monoisotopic (exact) mass is 402 g/mol. The first-order chi connectivity index (χ1) is 13.9. The zero-order valence-electron chi connectivity index (χ0n) is 16.2. The van der Waals surface area contributed by atoms with Gasteiger partial charge >= 0.3 is 6.18 Å². The number of nitrogens with one attached hydrogen (secondary N) is 1. The molecule has 154 valence electrons. The molecule has 1 saturated heterocycles. The summed E-state index contributed by atoms with van der Waals surface area (Å²) in [5, 5.41) is 2.81. The van der Waals surface area contributed by atoms with Crippen molar-refractivity contribution in [2.24, 2.45) is 5.92 Å². The second kappa shape index (κ2) is 9.27. The van der Waals surface area contributed by atoms with Gasteiger partial charge in [-0.15, -0.1) is 6.58 Å². The van der Waals surface area contributed by atoms with Crippen molar-refractivity contribution < 1.29 is 18.0 Å². The van der Waals surface area contributed by atoms with E-state index in [4.69, 9.17) is 0 Å². The standard InChI is InChI=1S/C23H25F3N2O/c1-2-13-28-16-19(11-12-21(28)18-8-4-3-5-9-18)22(29)27-15-17-7-6-10-20(14-17)23(24,25)26/h2-10,14,19,21H,1,11-13,15-16H2,(H,27,29). The van der Waals surface area contributed by atoms with Crippen molar-refractivity contribution in [1.29, 1.82) is 0 Å². The lowest BCUT2D eigenvalue weighted by Gasteiger charge is -2.39. The molecule has 2 aromatic rings. The summed E-state index contributed by atoms with van der Waals surface area (Å²) in [6.07, 6.45) is -0.971. The molecule has 1 N–H and O–H groups in total. The van der Waals surface area contributed by atoms with E-state index in [1.54, 1.807) is 6.07 Å². The second-order valence-electron chi connectivity index (χ2n) is 7.36. The number of benzene rings is 2. The van der Waals surface area contributed by atoms with Crippen LogP contribution in [0.2, 0.25) is 0 Å². The fourth-order valence-electron chi connectivity index (χ4n) is 3.87. The molecule has 0 saturated carbocycles. The molecule has 0 aromatic heterocycles. The van der Waals surface area contributed by atoms with Crippen molar-refractivity contribution in [2.45, 2.75) is 31.6 Å². The predicted octanol–water partition coefficient (Wildman–Crippen LogP) is 4.96. The Hall–Kier alpha value is -2.60. The quantitative estimate of drug-likeness (QED) is 0.693. The first-order valence-electron chi connectivity index (χ1n) is 9.72. The van der Waals surface area contributed by atoms with Gasteiger partial charge in [-0.3, -0.25) is 9.69 Å². The van der Waals surface area contributed by atoms with E-state index in [1.165, 1.54) is 11.6 Å². The average Bonchev–Trinajstić information content (AvgIpc) is 2.72. The molecule has 0 bridgehead atoms. The minimum atomic E-state index is -4.39. The number of halogens is 3. The second-order valence-corrected chi connectivity index (χ2v) is 7.36. The molecule has 1 aliphatic heterocycles. The Labute approximate surface area is 169 Å². The van der Waals surface area contributed by atoms with Crippen molar-refractivity contribution in [2.75, 3.05) is 13.1 Å². The van der Waals surface area contributed by atoms with Crippen LogP contribution in [-0.2, 0) is 17.5 Å². The Morgan fingerprint density at radius 1 is 1.14 bits per heavy atom. The van der Waals surface area contributed by atoms with Gasteiger partial charge < -0.3 is 5.32 Å². The Balaban J connectivity index is 1.61. The van der Waals surface area contributed by atoms with Gasteiger partial charge in [0.05, 0.1) is 11.5 Å². The normalized spacial score (nSPS) is 20.2. The van der Waals surface area contributed by atoms with E-state index >= 15 is 0 Å². The largest absolute Gasteiger partial charge is 0.416 e. The molecule has 29 heavy (non-hydrogen) atoms. The van der Waals surface area contributed by atoms with Crippen LogP contribution in [-0.4, -0.2) is 23.9 Å². The van der Waals surface area contributed by atoms with E-state index in [2.05, 4.69) is 28.9 Å². The minimum Gasteiger partial charge on any atom is -0.352 e. The Morgan fingerprint density at radius 2 is 1.90 bits per heavy atom. The zero-order chi connectivity index (χ0) is 20.9. The van der Waals surface area contributed by atoms with Crippen LogP contribution in [0.5, 0.6) is 0 Å². The van der Waals surface area contributed by atoms with Gasteiger partial charge in [-0.2, -0.15) is 13.2 Å². The molecule has 1 heterocycles. The molecule has 0 spiro atoms. The van der Waals surface area contributed by atoms with Gasteiger partial charge in [0.2, 0.25) is 5.91 Å². The Morgan fingerprint density at radius 3 is 2.59 bits per heavy atom. The summed E-state index contributed by atoms with van der Waals surface area (Å²) < 4.78 is 38.5. The summed E-state index contributed by atoms with van der Waals surface area (Å²) in [5.74, 6) is -0.316. The molecule has 3 nitrogen and oxygen atoms in total. The van der Waals surface area contributed by atoms with E-state index in [0.29, 0.717) is 18.7 Å². The number of hydrogen-bond donors (Lipinski definition) is 1. The summed E-state index contributed by atoms with van der Waals surface area (Å²) >= 11 is 0. The summed E-state index contributed by atoms with van der Waals surface area (Å²) in [5.41, 5.74) is 0.955. The molecule has 3 rings (SSSR count). The summed E-state index contributed by atoms with van der Waals surface area (Å²) in [7, 11) is 0. The van der Waals surface area contributed by atoms with Crippen molar-refractivity contribution in [3.63, 3.8) is 0 Å². The minimum absolute atomic E-state index is 0.0861. The van der Waals surface area contributed by atoms with Crippen molar-refractivity contribution in [3.05, 3.63) is 83.9 Å². The van der Waals surface area contributed by atoms with E-state index in [9.17, 15) is 18.0 Å². The van der Waals surface area contributed by atoms with Gasteiger partial charge in [0.25, 0.3) is 0 Å². The fraction of sp³-hybridized carbons (Fsp3) is 0.348. The number of rotatable bonds is 6. The molecule has 2 unspecified atom stereocenters. The number of carbonyl (C=O) groups excluding carboxylic acids is 1. The number of carbonyl (C=O) groups is 1. The molecular weight excluding hydrogens is 377 g/mol. The average molecular weight is 402 g/mol. The summed E-state index contributed by atoms with van der Waals surface area (Å²) in [6, 6.07) is 15.5. The fourth-order valence-corrected chi connectivity index (χ4v) is 3.87. The SMILES string of the molecule is C=CCN1CC(C(=O)NCc2cccc(C(F)(F)F)c2)CCC1c1ccccc1. The first kappa shape index (κ1) is 21.1. The van der Waals surface area contributed by atoms with Crippen LogP contribution in [0.4, 0.5) is 13.2 Å². The number of likely N-dealkylation sites (tertiary alicyclic amines) is 1. The third-order valence-electron chi connectivity index (χ3n) is 5.32. The molecule has 6 heteroatoms. The summed E-state index contributed by atoms with van der Waals surface area (Å²) in [4.78, 5) is 14.9. The molecule has 1 aliphatic rings. The van der Waals surface area contributed by atoms with Gasteiger partial charge in [0, 0.05) is 25.7 Å². The maximum absolute atomic E-state index is 12.8. The molecular formula is C23H25F3N2O. The third kappa shape index (κ3) is 5.48. The Kier molecular flexibility index (Phi) is 6.75. The highest BCUT2D eigenvalue weighted by Gasteiger charge is 2.32. The van der Waals surface area contributed by atoms with Gasteiger partial charge in [-0.05, 0) is 36.1 Å². The van der Waals surface area contributed by atoms with Gasteiger partial charge in [-0.25, -0.2) is 0 Å². The molecule has 2 aromatic carbocycles. The lowest BCUT2D eigenvalue weighted by atomic mass is 9.88. The molecule has 0 aliphatic carbocycles. The van der Waals surface area contributed by atoms with Gasteiger partial charge in [0.15, 0.2) is 0 Å². The van der Waals surface area contributed by atoms with Crippen LogP contribution in [0.15, 0.2) is 67.3 Å². The molecule has 2 atom stereocenters. The highest BCUT2D eigenvalue weighted by molar-refractivity contribution is 5.79. The van der Waals surface area contributed by atoms with E-state index in [0.717, 1.165) is 25.0 Å². The Bertz CT molecular complexity index is 836. The number of piperidine rings is 1. The van der Waals surface area contributed by atoms with Crippen LogP contribution in [0.3, 0.4) is 0 Å². The van der Waals surface area contributed by atoms with E-state index < -0.39 is 11.7 Å². The van der Waals surface area contributed by atoms with Crippen LogP contribution < -0.4 is 5.32 Å². The van der Waals surface area contributed by atoms with Crippen molar-refractivity contribution >= 4 is 5.91 Å². The topological polar surface area (TPSA) is 32.3 Å². The number of amides is 1. The molecule has 1 fully saturated rings. The van der Waals surface area contributed by atoms with Crippen molar-refractivity contribution in [1.82, 2.24) is 10.2 Å². The van der Waals surface area contributed by atoms with Crippen LogP contribution >= 0.6 is 0 Å². The van der Waals surface area contributed by atoms with Crippen LogP contribution in [0.1, 0.15) is 35.6 Å². The van der Waals surface area contributed by atoms with Gasteiger partial charge in [-0.1, -0.05) is 48.5 Å². The van der Waals surface area contributed by atoms with Crippen LogP contribution in [0.25, 0.3) is 0 Å². The lowest BCUT2D eigenvalue weighted by Crippen LogP contribution is -2.44. The maximum Gasteiger partial charge on any atom is 0.416 e.